The number of nitrogens with one attached hydrogen (secondary N) is 1. The van der Waals surface area contributed by atoms with E-state index in [9.17, 15) is 14.4 Å². The van der Waals surface area contributed by atoms with Gasteiger partial charge < -0.3 is 20.4 Å². The number of nitrogens with zero attached hydrogens (tertiary/aromatic N) is 1. The summed E-state index contributed by atoms with van der Waals surface area (Å²) in [4.78, 5) is 35.4. The molecule has 1 heterocycles. The lowest BCUT2D eigenvalue weighted by Crippen LogP contribution is -2.47. The number of carbonyl (C=O) groups excluding carboxylic acids is 1. The molecule has 7 nitrogen and oxygen atoms in total. The van der Waals surface area contributed by atoms with Crippen LogP contribution in [0.3, 0.4) is 0 Å². The average Bonchev–Trinajstić information content (AvgIpc) is 2.72. The van der Waals surface area contributed by atoms with Crippen molar-refractivity contribution in [2.75, 3.05) is 7.05 Å². The van der Waals surface area contributed by atoms with Gasteiger partial charge in [-0.25, -0.2) is 9.59 Å². The highest BCUT2D eigenvalue weighted by molar-refractivity contribution is 9.10. The summed E-state index contributed by atoms with van der Waals surface area (Å²) in [5, 5.41) is 21.5. The van der Waals surface area contributed by atoms with E-state index in [-0.39, 0.29) is 0 Å². The minimum atomic E-state index is -1.45. The van der Waals surface area contributed by atoms with Gasteiger partial charge in [-0.15, -0.1) is 11.3 Å². The Labute approximate surface area is 127 Å². The minimum Gasteiger partial charge on any atom is -0.481 e. The van der Waals surface area contributed by atoms with Crippen LogP contribution in [0.1, 0.15) is 11.3 Å². The predicted octanol–water partition coefficient (Wildman–Crippen LogP) is 1.58. The van der Waals surface area contributed by atoms with Crippen LogP contribution < -0.4 is 5.32 Å². The quantitative estimate of drug-likeness (QED) is 0.710. The van der Waals surface area contributed by atoms with Crippen molar-refractivity contribution < 1.29 is 24.6 Å². The molecule has 0 aliphatic rings. The molecule has 9 heteroatoms. The van der Waals surface area contributed by atoms with Gasteiger partial charge >= 0.3 is 18.0 Å². The van der Waals surface area contributed by atoms with E-state index < -0.39 is 30.4 Å². The van der Waals surface area contributed by atoms with Gasteiger partial charge in [-0.2, -0.15) is 0 Å². The summed E-state index contributed by atoms with van der Waals surface area (Å²) in [6, 6.07) is -0.235. The minimum absolute atomic E-state index is 0.307. The number of rotatable bonds is 6. The zero-order valence-electron chi connectivity index (χ0n) is 10.5. The third-order valence-electron chi connectivity index (χ3n) is 2.34. The lowest BCUT2D eigenvalue weighted by Gasteiger charge is -2.20. The van der Waals surface area contributed by atoms with Gasteiger partial charge in [0, 0.05) is 21.8 Å². The molecule has 110 valence electrons. The molecule has 0 saturated carbocycles. The van der Waals surface area contributed by atoms with Crippen LogP contribution in [0.5, 0.6) is 0 Å². The van der Waals surface area contributed by atoms with E-state index in [4.69, 9.17) is 10.2 Å². The first-order chi connectivity index (χ1) is 9.29. The number of urea groups is 1. The molecule has 0 aliphatic carbocycles. The first-order valence-electron chi connectivity index (χ1n) is 5.48. The van der Waals surface area contributed by atoms with Crippen LogP contribution in [0.25, 0.3) is 0 Å². The van der Waals surface area contributed by atoms with Gasteiger partial charge in [0.05, 0.1) is 13.0 Å². The van der Waals surface area contributed by atoms with E-state index in [1.807, 2.05) is 11.4 Å². The Morgan fingerprint density at radius 2 is 2.10 bits per heavy atom. The zero-order valence-corrected chi connectivity index (χ0v) is 12.9. The van der Waals surface area contributed by atoms with E-state index >= 15 is 0 Å². The molecule has 0 aliphatic heterocycles. The Morgan fingerprint density at radius 3 is 2.55 bits per heavy atom. The van der Waals surface area contributed by atoms with Gasteiger partial charge in [-0.05, 0) is 22.0 Å². The molecule has 0 bridgehead atoms. The summed E-state index contributed by atoms with van der Waals surface area (Å²) in [5.74, 6) is -2.67. The summed E-state index contributed by atoms with van der Waals surface area (Å²) in [6.45, 7) is 0.307. The van der Waals surface area contributed by atoms with Crippen molar-refractivity contribution in [2.45, 2.75) is 19.0 Å². The highest BCUT2D eigenvalue weighted by Crippen LogP contribution is 2.20. The van der Waals surface area contributed by atoms with Gasteiger partial charge in [0.15, 0.2) is 0 Å². The molecule has 1 rings (SSSR count). The first kappa shape index (κ1) is 16.4. The van der Waals surface area contributed by atoms with Crippen LogP contribution >= 0.6 is 27.3 Å². The van der Waals surface area contributed by atoms with Crippen LogP contribution in [-0.2, 0) is 16.1 Å². The maximum Gasteiger partial charge on any atom is 0.326 e. The maximum atomic E-state index is 11.8. The standard InChI is InChI=1S/C11H13BrN2O5S/c1-14(4-7-2-6(12)5-20-7)11(19)13-8(10(17)18)3-9(15)16/h2,5,8H,3-4H2,1H3,(H,13,19)(H,15,16)(H,17,18). The van der Waals surface area contributed by atoms with Crippen molar-refractivity contribution in [1.82, 2.24) is 10.2 Å². The topological polar surface area (TPSA) is 107 Å². The van der Waals surface area contributed by atoms with Gasteiger partial charge in [-0.3, -0.25) is 4.79 Å². The number of carboxylic acid groups (broad SMARTS) is 2. The Morgan fingerprint density at radius 1 is 1.45 bits per heavy atom. The summed E-state index contributed by atoms with van der Waals surface area (Å²) >= 11 is 4.75. The second-order valence-corrected chi connectivity index (χ2v) is 5.94. The van der Waals surface area contributed by atoms with Gasteiger partial charge in [-0.1, -0.05) is 0 Å². The number of hydrogen-bond acceptors (Lipinski definition) is 4. The van der Waals surface area contributed by atoms with E-state index in [1.165, 1.54) is 23.3 Å². The number of halogens is 1. The lowest BCUT2D eigenvalue weighted by atomic mass is 10.2. The fourth-order valence-electron chi connectivity index (χ4n) is 1.38. The number of thiophene rings is 1. The second kappa shape index (κ2) is 7.25. The van der Waals surface area contributed by atoms with Crippen molar-refractivity contribution in [3.05, 3.63) is 20.8 Å². The van der Waals surface area contributed by atoms with Crippen LogP contribution in [0.4, 0.5) is 4.79 Å². The van der Waals surface area contributed by atoms with Gasteiger partial charge in [0.1, 0.15) is 6.04 Å². The monoisotopic (exact) mass is 364 g/mol. The summed E-state index contributed by atoms with van der Waals surface area (Å²) < 4.78 is 0.903. The SMILES string of the molecule is CN(Cc1cc(Br)cs1)C(=O)NC(CC(=O)O)C(=O)O. The molecular formula is C11H13BrN2O5S. The Balaban J connectivity index is 2.59. The predicted molar refractivity (Wildman–Crippen MR) is 75.7 cm³/mol. The number of carbonyl (C=O) groups is 3. The second-order valence-electron chi connectivity index (χ2n) is 4.03. The number of amides is 2. The van der Waals surface area contributed by atoms with Crippen LogP contribution in [0.2, 0.25) is 0 Å². The largest absolute Gasteiger partial charge is 0.481 e. The molecule has 0 spiro atoms. The molecule has 3 N–H and O–H groups in total. The third-order valence-corrected chi connectivity index (χ3v) is 4.02. The summed E-state index contributed by atoms with van der Waals surface area (Å²) in [5.41, 5.74) is 0. The van der Waals surface area contributed by atoms with E-state index in [0.29, 0.717) is 6.54 Å². The van der Waals surface area contributed by atoms with Gasteiger partial charge in [0.25, 0.3) is 0 Å². The molecule has 1 unspecified atom stereocenters. The fourth-order valence-corrected chi connectivity index (χ4v) is 2.88. The normalized spacial score (nSPS) is 11.7. The van der Waals surface area contributed by atoms with Crippen molar-refractivity contribution >= 4 is 45.2 Å². The smallest absolute Gasteiger partial charge is 0.326 e. The molecule has 0 radical (unpaired) electrons. The van der Waals surface area contributed by atoms with E-state index in [0.717, 1.165) is 9.35 Å². The Hall–Kier alpha value is -1.61. The molecule has 1 aromatic heterocycles. The lowest BCUT2D eigenvalue weighted by molar-refractivity contribution is -0.145. The molecular weight excluding hydrogens is 352 g/mol. The van der Waals surface area contributed by atoms with Crippen LogP contribution in [0.15, 0.2) is 15.9 Å². The van der Waals surface area contributed by atoms with E-state index in [1.54, 1.807) is 0 Å². The summed E-state index contributed by atoms with van der Waals surface area (Å²) in [6.07, 6.45) is -0.667. The number of hydrogen-bond donors (Lipinski definition) is 3. The highest BCUT2D eigenvalue weighted by atomic mass is 79.9. The highest BCUT2D eigenvalue weighted by Gasteiger charge is 2.24. The van der Waals surface area contributed by atoms with E-state index in [2.05, 4.69) is 21.2 Å². The average molecular weight is 365 g/mol. The van der Waals surface area contributed by atoms with Crippen molar-refractivity contribution in [3.63, 3.8) is 0 Å². The third kappa shape index (κ3) is 5.17. The zero-order chi connectivity index (χ0) is 15.3. The maximum absolute atomic E-state index is 11.8. The fraction of sp³-hybridized carbons (Fsp3) is 0.364. The van der Waals surface area contributed by atoms with Crippen molar-refractivity contribution in [3.8, 4) is 0 Å². The first-order valence-corrected chi connectivity index (χ1v) is 7.16. The molecule has 1 atom stereocenters. The number of carboxylic acids is 2. The van der Waals surface area contributed by atoms with Crippen LogP contribution in [-0.4, -0.2) is 46.2 Å². The Kier molecular flexibility index (Phi) is 5.96. The molecule has 0 saturated heterocycles. The van der Waals surface area contributed by atoms with Gasteiger partial charge in [0.2, 0.25) is 0 Å². The molecule has 0 fully saturated rings. The van der Waals surface area contributed by atoms with Crippen LogP contribution in [0, 0.1) is 0 Å². The number of aliphatic carboxylic acids is 2. The summed E-state index contributed by atoms with van der Waals surface area (Å²) in [7, 11) is 1.50. The van der Waals surface area contributed by atoms with Crippen molar-refractivity contribution in [2.24, 2.45) is 0 Å². The molecule has 1 aromatic rings. The van der Waals surface area contributed by atoms with Crippen molar-refractivity contribution in [1.29, 1.82) is 0 Å². The Bertz CT molecular complexity index is 519. The molecule has 0 aromatic carbocycles. The molecule has 20 heavy (non-hydrogen) atoms. The molecule has 2 amide bonds.